The molecule has 34 heavy (non-hydrogen) atoms. The first-order valence-electron chi connectivity index (χ1n) is 12.2. The van der Waals surface area contributed by atoms with Crippen molar-refractivity contribution >= 4 is 30.5 Å². The lowest BCUT2D eigenvalue weighted by molar-refractivity contribution is -0.143. The second-order valence-electron chi connectivity index (χ2n) is 10.3. The highest BCUT2D eigenvalue weighted by Gasteiger charge is 2.44. The molecule has 0 saturated heterocycles. The lowest BCUT2D eigenvalue weighted by Crippen LogP contribution is -2.55. The van der Waals surface area contributed by atoms with E-state index in [9.17, 15) is 14.4 Å². The molecule has 0 bridgehead atoms. The van der Waals surface area contributed by atoms with Gasteiger partial charge in [0.25, 0.3) is 0 Å². The maximum Gasteiger partial charge on any atom is 0.408 e. The Kier molecular flexibility index (Phi) is 9.85. The first-order chi connectivity index (χ1) is 15.9. The number of hydrogen-bond acceptors (Lipinski definition) is 5. The lowest BCUT2D eigenvalue weighted by atomic mass is 9.93. The number of aryl methyl sites for hydroxylation is 2. The van der Waals surface area contributed by atoms with Crippen LogP contribution in [-0.2, 0) is 14.3 Å². The number of alkyl carbamates (subject to hydrolysis) is 1. The van der Waals surface area contributed by atoms with Crippen LogP contribution in [0.15, 0.2) is 18.2 Å². The molecule has 1 fully saturated rings. The number of hydrogen-bond donors (Lipinski definition) is 3. The fraction of sp³-hybridized carbons (Fsp3) is 0.654. The zero-order valence-corrected chi connectivity index (χ0v) is 22.5. The molecule has 0 spiro atoms. The van der Waals surface area contributed by atoms with Crippen LogP contribution >= 0.6 is 12.6 Å². The van der Waals surface area contributed by atoms with Crippen molar-refractivity contribution in [2.24, 2.45) is 0 Å². The van der Waals surface area contributed by atoms with Gasteiger partial charge in [0.2, 0.25) is 11.8 Å². The van der Waals surface area contributed by atoms with E-state index in [2.05, 4.69) is 30.2 Å². The molecule has 1 aromatic carbocycles. The molecule has 1 saturated carbocycles. The minimum Gasteiger partial charge on any atom is -0.444 e. The topological polar surface area (TPSA) is 87.7 Å². The SMILES string of the molecule is CCCC(C)NC(=O)C(c1c(C)cccc1C)N(C(=O)C(CS)NC(=O)OC(C)(C)C)C1CC1. The summed E-state index contributed by atoms with van der Waals surface area (Å²) >= 11 is 4.34. The summed E-state index contributed by atoms with van der Waals surface area (Å²) in [6, 6.07) is 4.10. The maximum absolute atomic E-state index is 13.8. The fourth-order valence-corrected chi connectivity index (χ4v) is 4.42. The van der Waals surface area contributed by atoms with Crippen molar-refractivity contribution in [1.29, 1.82) is 0 Å². The van der Waals surface area contributed by atoms with Crippen LogP contribution in [0, 0.1) is 13.8 Å². The van der Waals surface area contributed by atoms with Crippen LogP contribution in [0.5, 0.6) is 0 Å². The predicted molar refractivity (Wildman–Crippen MR) is 138 cm³/mol. The molecule has 8 heteroatoms. The van der Waals surface area contributed by atoms with Crippen molar-refractivity contribution in [3.63, 3.8) is 0 Å². The number of ether oxygens (including phenoxy) is 1. The standard InChI is InChI=1S/C26H41N3O4S/c1-8-10-18(4)27-23(30)22(21-16(2)11-9-12-17(21)3)29(19-13-14-19)24(31)20(15-34)28-25(32)33-26(5,6)7/h9,11-12,18-20,22,34H,8,10,13-15H2,1-7H3,(H,27,30)(H,28,32). The average molecular weight is 492 g/mol. The number of amides is 3. The van der Waals surface area contributed by atoms with Crippen molar-refractivity contribution in [2.75, 3.05) is 5.75 Å². The summed E-state index contributed by atoms with van der Waals surface area (Å²) in [6.45, 7) is 13.3. The second-order valence-corrected chi connectivity index (χ2v) is 10.6. The summed E-state index contributed by atoms with van der Waals surface area (Å²) in [7, 11) is 0. The summed E-state index contributed by atoms with van der Waals surface area (Å²) in [5.41, 5.74) is 2.04. The van der Waals surface area contributed by atoms with E-state index in [1.165, 1.54) is 0 Å². The Morgan fingerprint density at radius 3 is 2.21 bits per heavy atom. The van der Waals surface area contributed by atoms with Crippen LogP contribution in [0.4, 0.5) is 4.79 Å². The summed E-state index contributed by atoms with van der Waals surface area (Å²) in [5, 5.41) is 5.78. The van der Waals surface area contributed by atoms with Crippen molar-refractivity contribution in [3.8, 4) is 0 Å². The predicted octanol–water partition coefficient (Wildman–Crippen LogP) is 4.46. The van der Waals surface area contributed by atoms with Crippen LogP contribution in [-0.4, -0.2) is 52.3 Å². The summed E-state index contributed by atoms with van der Waals surface area (Å²) < 4.78 is 5.35. The zero-order chi connectivity index (χ0) is 25.6. The Hall–Kier alpha value is -2.22. The quantitative estimate of drug-likeness (QED) is 0.422. The normalized spacial score (nSPS) is 16.2. The zero-order valence-electron chi connectivity index (χ0n) is 21.6. The molecule has 1 aliphatic carbocycles. The lowest BCUT2D eigenvalue weighted by Gasteiger charge is -2.36. The van der Waals surface area contributed by atoms with E-state index in [0.29, 0.717) is 0 Å². The molecule has 1 aromatic rings. The Morgan fingerprint density at radius 2 is 1.74 bits per heavy atom. The Balaban J connectivity index is 2.44. The maximum atomic E-state index is 13.8. The highest BCUT2D eigenvalue weighted by atomic mass is 32.1. The van der Waals surface area contributed by atoms with E-state index < -0.39 is 23.8 Å². The smallest absolute Gasteiger partial charge is 0.408 e. The Morgan fingerprint density at radius 1 is 1.15 bits per heavy atom. The molecular weight excluding hydrogens is 450 g/mol. The van der Waals surface area contributed by atoms with E-state index in [1.54, 1.807) is 25.7 Å². The third kappa shape index (κ3) is 7.65. The number of nitrogens with zero attached hydrogens (tertiary/aromatic N) is 1. The largest absolute Gasteiger partial charge is 0.444 e. The second kappa shape index (κ2) is 12.0. The number of carbonyl (C=O) groups excluding carboxylic acids is 3. The third-order valence-corrected chi connectivity index (χ3v) is 6.18. The fourth-order valence-electron chi connectivity index (χ4n) is 4.17. The first-order valence-corrected chi connectivity index (χ1v) is 12.8. The van der Waals surface area contributed by atoms with Gasteiger partial charge in [0.05, 0.1) is 0 Å². The molecule has 190 valence electrons. The minimum absolute atomic E-state index is 0.0129. The molecule has 0 aliphatic heterocycles. The molecule has 2 rings (SSSR count). The van der Waals surface area contributed by atoms with Gasteiger partial charge in [0.1, 0.15) is 17.7 Å². The van der Waals surface area contributed by atoms with E-state index in [4.69, 9.17) is 4.74 Å². The highest BCUT2D eigenvalue weighted by Crippen LogP contribution is 2.37. The molecule has 3 atom stereocenters. The van der Waals surface area contributed by atoms with Gasteiger partial charge in [0.15, 0.2) is 0 Å². The number of rotatable bonds is 10. The van der Waals surface area contributed by atoms with Crippen molar-refractivity contribution < 1.29 is 19.1 Å². The molecule has 3 amide bonds. The van der Waals surface area contributed by atoms with Crippen molar-refractivity contribution in [3.05, 3.63) is 34.9 Å². The summed E-state index contributed by atoms with van der Waals surface area (Å²) in [4.78, 5) is 41.6. The number of nitrogens with one attached hydrogen (secondary N) is 2. The number of thiol groups is 1. The van der Waals surface area contributed by atoms with Crippen LogP contribution in [0.25, 0.3) is 0 Å². The Labute approximate surface area is 209 Å². The van der Waals surface area contributed by atoms with Gasteiger partial charge in [-0.15, -0.1) is 0 Å². The van der Waals surface area contributed by atoms with Crippen molar-refractivity contribution in [1.82, 2.24) is 15.5 Å². The molecule has 0 radical (unpaired) electrons. The van der Waals surface area contributed by atoms with Crippen LogP contribution in [0.1, 0.15) is 83.0 Å². The van der Waals surface area contributed by atoms with Gasteiger partial charge in [-0.3, -0.25) is 9.59 Å². The van der Waals surface area contributed by atoms with E-state index >= 15 is 0 Å². The van der Waals surface area contributed by atoms with Gasteiger partial charge in [-0.25, -0.2) is 4.79 Å². The van der Waals surface area contributed by atoms with Crippen LogP contribution in [0.3, 0.4) is 0 Å². The van der Waals surface area contributed by atoms with E-state index in [0.717, 1.165) is 42.4 Å². The molecular formula is C26H41N3O4S. The van der Waals surface area contributed by atoms with Gasteiger partial charge >= 0.3 is 6.09 Å². The Bertz CT molecular complexity index is 859. The average Bonchev–Trinajstić information content (AvgIpc) is 3.54. The monoisotopic (exact) mass is 491 g/mol. The van der Waals surface area contributed by atoms with Gasteiger partial charge in [-0.1, -0.05) is 31.5 Å². The highest BCUT2D eigenvalue weighted by molar-refractivity contribution is 7.80. The van der Waals surface area contributed by atoms with Crippen molar-refractivity contribution in [2.45, 2.75) is 104 Å². The first kappa shape index (κ1) is 28.0. The number of benzene rings is 1. The van der Waals surface area contributed by atoms with Gasteiger partial charge in [-0.05, 0) is 77.5 Å². The van der Waals surface area contributed by atoms with Gasteiger partial charge < -0.3 is 20.3 Å². The molecule has 7 nitrogen and oxygen atoms in total. The summed E-state index contributed by atoms with van der Waals surface area (Å²) in [6.07, 6.45) is 2.75. The number of carbonyl (C=O) groups is 3. The molecule has 3 unspecified atom stereocenters. The molecule has 2 N–H and O–H groups in total. The van der Waals surface area contributed by atoms with E-state index in [1.807, 2.05) is 39.0 Å². The molecule has 1 aliphatic rings. The molecule has 0 heterocycles. The van der Waals surface area contributed by atoms with Crippen LogP contribution < -0.4 is 10.6 Å². The van der Waals surface area contributed by atoms with Gasteiger partial charge in [0, 0.05) is 17.8 Å². The van der Waals surface area contributed by atoms with Gasteiger partial charge in [-0.2, -0.15) is 12.6 Å². The third-order valence-electron chi connectivity index (χ3n) is 5.82. The van der Waals surface area contributed by atoms with E-state index in [-0.39, 0.29) is 29.7 Å². The van der Waals surface area contributed by atoms with Crippen LogP contribution in [0.2, 0.25) is 0 Å². The molecule has 0 aromatic heterocycles. The summed E-state index contributed by atoms with van der Waals surface area (Å²) in [5.74, 6) is -0.433. The minimum atomic E-state index is -0.911.